The Balaban J connectivity index is 1.82. The summed E-state index contributed by atoms with van der Waals surface area (Å²) in [5.74, 6) is 1.36. The molecule has 0 saturated heterocycles. The molecule has 0 unspecified atom stereocenters. The highest BCUT2D eigenvalue weighted by Gasteiger charge is 2.27. The van der Waals surface area contributed by atoms with E-state index in [0.29, 0.717) is 23.8 Å². The van der Waals surface area contributed by atoms with Gasteiger partial charge in [-0.05, 0) is 35.3 Å². The summed E-state index contributed by atoms with van der Waals surface area (Å²) in [6.45, 7) is 7.28. The van der Waals surface area contributed by atoms with Gasteiger partial charge < -0.3 is 14.4 Å². The van der Waals surface area contributed by atoms with Crippen molar-refractivity contribution >= 4 is 18.3 Å². The first-order valence-electron chi connectivity index (χ1n) is 5.84. The minimum atomic E-state index is -0.831. The lowest BCUT2D eigenvalue weighted by Gasteiger charge is -2.07. The van der Waals surface area contributed by atoms with Crippen molar-refractivity contribution in [3.8, 4) is 11.5 Å². The summed E-state index contributed by atoms with van der Waals surface area (Å²) >= 11 is 0. The van der Waals surface area contributed by atoms with Crippen LogP contribution in [0.5, 0.6) is 11.5 Å². The summed E-state index contributed by atoms with van der Waals surface area (Å²) in [5, 5.41) is 9.53. The molecule has 1 aliphatic heterocycles. The molecule has 0 amide bonds. The van der Waals surface area contributed by atoms with Gasteiger partial charge >= 0.3 is 7.12 Å². The SMILES string of the molecule is [C-]#[N+]c1ccc(Oc2ccc3c(c2)COB3O)cc1. The Morgan fingerprint density at radius 2 is 1.89 bits per heavy atom. The van der Waals surface area contributed by atoms with E-state index in [1.807, 2.05) is 6.07 Å². The maximum Gasteiger partial charge on any atom is 0.491 e. The molecule has 2 aromatic carbocycles. The zero-order valence-electron chi connectivity index (χ0n) is 10.0. The van der Waals surface area contributed by atoms with Crippen molar-refractivity contribution in [2.45, 2.75) is 6.61 Å². The zero-order chi connectivity index (χ0) is 13.2. The molecular weight excluding hydrogens is 241 g/mol. The normalized spacial score (nSPS) is 12.9. The van der Waals surface area contributed by atoms with E-state index in [2.05, 4.69) is 4.85 Å². The van der Waals surface area contributed by atoms with Crippen molar-refractivity contribution in [2.75, 3.05) is 0 Å². The fourth-order valence-electron chi connectivity index (χ4n) is 1.99. The molecule has 0 fully saturated rings. The largest absolute Gasteiger partial charge is 0.491 e. The van der Waals surface area contributed by atoms with Crippen LogP contribution in [-0.4, -0.2) is 12.1 Å². The minimum Gasteiger partial charge on any atom is -0.457 e. The summed E-state index contributed by atoms with van der Waals surface area (Å²) in [6.07, 6.45) is 0. The van der Waals surface area contributed by atoms with Crippen LogP contribution in [0.1, 0.15) is 5.56 Å². The second-order valence-electron chi connectivity index (χ2n) is 4.23. The predicted octanol–water partition coefficient (Wildman–Crippen LogP) is 2.25. The Hall–Kier alpha value is -2.29. The van der Waals surface area contributed by atoms with Crippen molar-refractivity contribution in [3.05, 3.63) is 59.4 Å². The topological polar surface area (TPSA) is 43.0 Å². The van der Waals surface area contributed by atoms with E-state index in [4.69, 9.17) is 16.0 Å². The molecule has 3 rings (SSSR count). The summed E-state index contributed by atoms with van der Waals surface area (Å²) in [7, 11) is -0.831. The molecule has 0 aromatic heterocycles. The van der Waals surface area contributed by atoms with Gasteiger partial charge in [-0.1, -0.05) is 18.2 Å². The second kappa shape index (κ2) is 4.77. The van der Waals surface area contributed by atoms with Crippen LogP contribution >= 0.6 is 0 Å². The van der Waals surface area contributed by atoms with Crippen LogP contribution < -0.4 is 10.2 Å². The number of benzene rings is 2. The lowest BCUT2D eigenvalue weighted by molar-refractivity contribution is 0.275. The molecule has 92 valence electrons. The maximum atomic E-state index is 9.53. The molecule has 1 heterocycles. The Labute approximate surface area is 111 Å². The first-order chi connectivity index (χ1) is 9.26. The monoisotopic (exact) mass is 251 g/mol. The molecule has 0 saturated carbocycles. The van der Waals surface area contributed by atoms with Crippen LogP contribution in [0.3, 0.4) is 0 Å². The van der Waals surface area contributed by atoms with E-state index in [-0.39, 0.29) is 0 Å². The van der Waals surface area contributed by atoms with Crippen LogP contribution in [0.2, 0.25) is 0 Å². The Morgan fingerprint density at radius 1 is 1.16 bits per heavy atom. The van der Waals surface area contributed by atoms with Crippen LogP contribution in [-0.2, 0) is 11.3 Å². The molecule has 1 N–H and O–H groups in total. The molecule has 2 aromatic rings. The predicted molar refractivity (Wildman–Crippen MR) is 71.6 cm³/mol. The molecule has 1 aliphatic rings. The first-order valence-corrected chi connectivity index (χ1v) is 5.84. The number of hydrogen-bond donors (Lipinski definition) is 1. The molecule has 0 spiro atoms. The highest BCUT2D eigenvalue weighted by atomic mass is 16.5. The molecule has 0 bridgehead atoms. The number of hydrogen-bond acceptors (Lipinski definition) is 3. The highest BCUT2D eigenvalue weighted by molar-refractivity contribution is 6.61. The van der Waals surface area contributed by atoms with E-state index in [1.54, 1.807) is 36.4 Å². The minimum absolute atomic E-state index is 0.393. The Bertz CT molecular complexity index is 649. The molecule has 19 heavy (non-hydrogen) atoms. The number of fused-ring (bicyclic) bond motifs is 1. The van der Waals surface area contributed by atoms with Gasteiger partial charge in [0.25, 0.3) is 0 Å². The van der Waals surface area contributed by atoms with E-state index in [9.17, 15) is 5.02 Å². The van der Waals surface area contributed by atoms with E-state index in [1.165, 1.54) is 0 Å². The van der Waals surface area contributed by atoms with Gasteiger partial charge in [0.05, 0.1) is 13.2 Å². The van der Waals surface area contributed by atoms with Gasteiger partial charge in [-0.15, -0.1) is 0 Å². The summed E-state index contributed by atoms with van der Waals surface area (Å²) in [5.41, 5.74) is 2.30. The van der Waals surface area contributed by atoms with E-state index < -0.39 is 7.12 Å². The number of rotatable bonds is 2. The average Bonchev–Trinajstić information content (AvgIpc) is 2.81. The smallest absolute Gasteiger partial charge is 0.457 e. The summed E-state index contributed by atoms with van der Waals surface area (Å²) in [6, 6.07) is 12.4. The van der Waals surface area contributed by atoms with Crippen molar-refractivity contribution in [1.82, 2.24) is 0 Å². The molecule has 4 nitrogen and oxygen atoms in total. The number of ether oxygens (including phenoxy) is 1. The molecule has 0 atom stereocenters. The van der Waals surface area contributed by atoms with Gasteiger partial charge in [0.2, 0.25) is 0 Å². The standard InChI is InChI=1S/C14H10BNO3/c1-16-11-2-4-12(5-3-11)19-13-6-7-14-10(8-13)9-18-15(14)17/h2-8,17H,9H2. The molecular formula is C14H10BNO3. The van der Waals surface area contributed by atoms with Crippen molar-refractivity contribution < 1.29 is 14.4 Å². The van der Waals surface area contributed by atoms with Crippen LogP contribution in [0.4, 0.5) is 5.69 Å². The van der Waals surface area contributed by atoms with Crippen LogP contribution in [0.25, 0.3) is 4.85 Å². The van der Waals surface area contributed by atoms with E-state index in [0.717, 1.165) is 11.0 Å². The molecule has 0 radical (unpaired) electrons. The summed E-state index contributed by atoms with van der Waals surface area (Å²) < 4.78 is 10.8. The van der Waals surface area contributed by atoms with E-state index >= 15 is 0 Å². The fourth-order valence-corrected chi connectivity index (χ4v) is 1.99. The third kappa shape index (κ3) is 2.32. The quantitative estimate of drug-likeness (QED) is 0.657. The van der Waals surface area contributed by atoms with Crippen molar-refractivity contribution in [3.63, 3.8) is 0 Å². The van der Waals surface area contributed by atoms with Crippen LogP contribution in [0, 0.1) is 6.57 Å². The van der Waals surface area contributed by atoms with Crippen molar-refractivity contribution in [2.24, 2.45) is 0 Å². The molecule has 0 aliphatic carbocycles. The fraction of sp³-hybridized carbons (Fsp3) is 0.0714. The maximum absolute atomic E-state index is 9.53. The Morgan fingerprint density at radius 3 is 2.63 bits per heavy atom. The van der Waals surface area contributed by atoms with Gasteiger partial charge in [0.1, 0.15) is 11.5 Å². The summed E-state index contributed by atoms with van der Waals surface area (Å²) in [4.78, 5) is 3.32. The van der Waals surface area contributed by atoms with Crippen molar-refractivity contribution in [1.29, 1.82) is 0 Å². The third-order valence-electron chi connectivity index (χ3n) is 2.98. The second-order valence-corrected chi connectivity index (χ2v) is 4.23. The lowest BCUT2D eigenvalue weighted by Crippen LogP contribution is -2.27. The third-order valence-corrected chi connectivity index (χ3v) is 2.98. The van der Waals surface area contributed by atoms with Gasteiger partial charge in [0, 0.05) is 0 Å². The van der Waals surface area contributed by atoms with Crippen LogP contribution in [0.15, 0.2) is 42.5 Å². The number of nitrogens with zero attached hydrogens (tertiary/aromatic N) is 1. The highest BCUT2D eigenvalue weighted by Crippen LogP contribution is 2.25. The van der Waals surface area contributed by atoms with Gasteiger partial charge in [-0.2, -0.15) is 0 Å². The Kier molecular flexibility index (Phi) is 2.96. The van der Waals surface area contributed by atoms with Gasteiger partial charge in [0.15, 0.2) is 5.69 Å². The van der Waals surface area contributed by atoms with Gasteiger partial charge in [-0.25, -0.2) is 4.85 Å². The molecule has 5 heteroatoms. The first kappa shape index (κ1) is 11.8. The lowest BCUT2D eigenvalue weighted by atomic mass is 9.80. The zero-order valence-corrected chi connectivity index (χ0v) is 10.0. The van der Waals surface area contributed by atoms with Gasteiger partial charge in [-0.3, -0.25) is 0 Å². The average molecular weight is 251 g/mol.